The van der Waals surface area contributed by atoms with E-state index in [1.54, 1.807) is 6.20 Å². The van der Waals surface area contributed by atoms with E-state index >= 15 is 0 Å². The van der Waals surface area contributed by atoms with E-state index in [9.17, 15) is 4.79 Å². The summed E-state index contributed by atoms with van der Waals surface area (Å²) in [4.78, 5) is 23.4. The first-order valence-electron chi connectivity index (χ1n) is 9.42. The van der Waals surface area contributed by atoms with Gasteiger partial charge in [0, 0.05) is 12.5 Å². The highest BCUT2D eigenvalue weighted by Gasteiger charge is 2.23. The van der Waals surface area contributed by atoms with Gasteiger partial charge in [-0.1, -0.05) is 26.7 Å². The molecule has 0 radical (unpaired) electrons. The second-order valence-electron chi connectivity index (χ2n) is 6.73. The summed E-state index contributed by atoms with van der Waals surface area (Å²) in [5.41, 5.74) is 0.782. The Bertz CT molecular complexity index is 707. The Hall–Kier alpha value is -2.02. The number of hydrogen-bond donors (Lipinski definition) is 1. The molecule has 1 aliphatic rings. The van der Waals surface area contributed by atoms with Gasteiger partial charge in [0.1, 0.15) is 12.1 Å². The van der Waals surface area contributed by atoms with Crippen molar-refractivity contribution in [3.63, 3.8) is 0 Å². The monoisotopic (exact) mass is 344 g/mol. The molecule has 3 rings (SSSR count). The lowest BCUT2D eigenvalue weighted by atomic mass is 10.1. The maximum atomic E-state index is 12.4. The summed E-state index contributed by atoms with van der Waals surface area (Å²) in [6.45, 7) is 8.21. The second kappa shape index (κ2) is 8.38. The Morgan fingerprint density at radius 3 is 2.80 bits per heavy atom. The molecule has 0 spiro atoms. The Morgan fingerprint density at radius 2 is 2.08 bits per heavy atom. The van der Waals surface area contributed by atoms with Gasteiger partial charge in [0.25, 0.3) is 0 Å². The summed E-state index contributed by atoms with van der Waals surface area (Å²) < 4.78 is 1.90. The molecular weight excluding hydrogens is 316 g/mol. The summed E-state index contributed by atoms with van der Waals surface area (Å²) in [5, 5.41) is 8.26. The predicted molar refractivity (Wildman–Crippen MR) is 98.3 cm³/mol. The van der Waals surface area contributed by atoms with Crippen molar-refractivity contribution < 1.29 is 4.79 Å². The van der Waals surface area contributed by atoms with E-state index in [2.05, 4.69) is 39.1 Å². The van der Waals surface area contributed by atoms with Crippen molar-refractivity contribution in [1.29, 1.82) is 0 Å². The van der Waals surface area contributed by atoms with Gasteiger partial charge in [0.2, 0.25) is 5.91 Å². The van der Waals surface area contributed by atoms with Gasteiger partial charge in [-0.15, -0.1) is 0 Å². The quantitative estimate of drug-likeness (QED) is 0.797. The first kappa shape index (κ1) is 17.8. The number of likely N-dealkylation sites (N-methyl/N-ethyl adjacent to an activating group) is 1. The van der Waals surface area contributed by atoms with Gasteiger partial charge in [-0.3, -0.25) is 4.79 Å². The molecule has 1 N–H and O–H groups in total. The van der Waals surface area contributed by atoms with Crippen molar-refractivity contribution >= 4 is 22.8 Å². The van der Waals surface area contributed by atoms with E-state index in [1.807, 2.05) is 4.68 Å². The summed E-state index contributed by atoms with van der Waals surface area (Å²) >= 11 is 0. The van der Waals surface area contributed by atoms with Crippen LogP contribution < -0.4 is 5.32 Å². The number of nitrogens with zero attached hydrogens (tertiary/aromatic N) is 5. The van der Waals surface area contributed by atoms with E-state index in [0.717, 1.165) is 69.3 Å². The molecule has 136 valence electrons. The Morgan fingerprint density at radius 1 is 1.28 bits per heavy atom. The van der Waals surface area contributed by atoms with Crippen molar-refractivity contribution in [2.75, 3.05) is 25.0 Å². The zero-order valence-corrected chi connectivity index (χ0v) is 15.2. The third kappa shape index (κ3) is 4.15. The van der Waals surface area contributed by atoms with E-state index in [-0.39, 0.29) is 11.8 Å². The number of carbonyl (C=O) groups excluding carboxylic acids is 1. The zero-order valence-electron chi connectivity index (χ0n) is 15.2. The molecule has 1 fully saturated rings. The lowest BCUT2D eigenvalue weighted by molar-refractivity contribution is -0.119. The van der Waals surface area contributed by atoms with Crippen molar-refractivity contribution in [1.82, 2.24) is 24.6 Å². The number of rotatable bonds is 8. The van der Waals surface area contributed by atoms with E-state index in [4.69, 9.17) is 0 Å². The molecule has 2 aromatic rings. The molecule has 7 nitrogen and oxygen atoms in total. The molecule has 1 aliphatic carbocycles. The summed E-state index contributed by atoms with van der Waals surface area (Å²) in [6, 6.07) is 0. The van der Waals surface area contributed by atoms with E-state index in [1.165, 1.54) is 6.33 Å². The summed E-state index contributed by atoms with van der Waals surface area (Å²) in [7, 11) is 0. The maximum Gasteiger partial charge on any atom is 0.228 e. The van der Waals surface area contributed by atoms with Crippen LogP contribution in [0.5, 0.6) is 0 Å². The highest BCUT2D eigenvalue weighted by Crippen LogP contribution is 2.27. The van der Waals surface area contributed by atoms with E-state index in [0.29, 0.717) is 5.82 Å². The number of aromatic nitrogens is 4. The van der Waals surface area contributed by atoms with Crippen molar-refractivity contribution in [3.8, 4) is 0 Å². The van der Waals surface area contributed by atoms with Gasteiger partial charge in [-0.25, -0.2) is 14.6 Å². The van der Waals surface area contributed by atoms with Crippen LogP contribution in [0.4, 0.5) is 5.82 Å². The number of anilines is 1. The van der Waals surface area contributed by atoms with Crippen LogP contribution in [-0.2, 0) is 11.3 Å². The molecule has 0 aromatic carbocycles. The average molecular weight is 344 g/mol. The third-order valence-electron chi connectivity index (χ3n) is 5.02. The number of amides is 1. The number of fused-ring (bicyclic) bond motifs is 1. The summed E-state index contributed by atoms with van der Waals surface area (Å²) in [6.07, 6.45) is 8.65. The largest absolute Gasteiger partial charge is 0.310 e. The highest BCUT2D eigenvalue weighted by atomic mass is 16.1. The summed E-state index contributed by atoms with van der Waals surface area (Å²) in [5.74, 6) is 0.770. The molecule has 1 saturated carbocycles. The molecule has 0 aliphatic heterocycles. The molecule has 0 unspecified atom stereocenters. The smallest absolute Gasteiger partial charge is 0.228 e. The fourth-order valence-electron chi connectivity index (χ4n) is 3.54. The fraction of sp³-hybridized carbons (Fsp3) is 0.667. The SMILES string of the molecule is CCCN(CC)CCn1ncc2c(NC(=O)C3CCCC3)ncnc21. The van der Waals surface area contributed by atoms with Gasteiger partial charge >= 0.3 is 0 Å². The molecular formula is C18H28N6O. The molecule has 7 heteroatoms. The van der Waals surface area contributed by atoms with Crippen molar-refractivity contribution in [2.24, 2.45) is 5.92 Å². The number of carbonyl (C=O) groups is 1. The lowest BCUT2D eigenvalue weighted by Gasteiger charge is -2.19. The zero-order chi connectivity index (χ0) is 17.6. The van der Waals surface area contributed by atoms with Crippen LogP contribution in [0.1, 0.15) is 46.0 Å². The van der Waals surface area contributed by atoms with Crippen LogP contribution in [0.25, 0.3) is 11.0 Å². The molecule has 1 amide bonds. The van der Waals surface area contributed by atoms with Gasteiger partial charge in [0.05, 0.1) is 18.1 Å². The Labute approximate surface area is 148 Å². The van der Waals surface area contributed by atoms with Crippen LogP contribution in [0, 0.1) is 5.92 Å². The van der Waals surface area contributed by atoms with E-state index < -0.39 is 0 Å². The van der Waals surface area contributed by atoms with Crippen LogP contribution >= 0.6 is 0 Å². The molecule has 2 heterocycles. The first-order valence-corrected chi connectivity index (χ1v) is 9.42. The van der Waals surface area contributed by atoms with Crippen molar-refractivity contribution in [3.05, 3.63) is 12.5 Å². The van der Waals surface area contributed by atoms with Crippen LogP contribution in [-0.4, -0.2) is 50.2 Å². The minimum absolute atomic E-state index is 0.0744. The Kier molecular flexibility index (Phi) is 5.96. The number of hydrogen-bond acceptors (Lipinski definition) is 5. The molecule has 0 atom stereocenters. The Balaban J connectivity index is 1.72. The predicted octanol–water partition coefficient (Wildman–Crippen LogP) is 2.69. The van der Waals surface area contributed by atoms with Crippen LogP contribution in [0.15, 0.2) is 12.5 Å². The van der Waals surface area contributed by atoms with Gasteiger partial charge < -0.3 is 10.2 Å². The molecule has 0 saturated heterocycles. The first-order chi connectivity index (χ1) is 12.2. The number of nitrogens with one attached hydrogen (secondary N) is 1. The average Bonchev–Trinajstić information content (AvgIpc) is 3.29. The van der Waals surface area contributed by atoms with Crippen LogP contribution in [0.2, 0.25) is 0 Å². The topological polar surface area (TPSA) is 75.9 Å². The van der Waals surface area contributed by atoms with Crippen molar-refractivity contribution in [2.45, 2.75) is 52.5 Å². The van der Waals surface area contributed by atoms with Gasteiger partial charge in [-0.2, -0.15) is 5.10 Å². The third-order valence-corrected chi connectivity index (χ3v) is 5.02. The van der Waals surface area contributed by atoms with Gasteiger partial charge in [-0.05, 0) is 32.4 Å². The molecule has 0 bridgehead atoms. The molecule has 25 heavy (non-hydrogen) atoms. The minimum Gasteiger partial charge on any atom is -0.310 e. The lowest BCUT2D eigenvalue weighted by Crippen LogP contribution is -2.28. The minimum atomic E-state index is 0.0744. The second-order valence-corrected chi connectivity index (χ2v) is 6.73. The normalized spacial score (nSPS) is 15.3. The fourth-order valence-corrected chi connectivity index (χ4v) is 3.54. The standard InChI is InChI=1S/C18H28N6O/c1-3-9-23(4-2)10-11-24-17-15(12-21-24)16(19-13-20-17)22-18(25)14-7-5-6-8-14/h12-14H,3-11H2,1-2H3,(H,19,20,22,25). The van der Waals surface area contributed by atoms with Gasteiger partial charge in [0.15, 0.2) is 5.65 Å². The van der Waals surface area contributed by atoms with Crippen LogP contribution in [0.3, 0.4) is 0 Å². The molecule has 2 aromatic heterocycles. The maximum absolute atomic E-state index is 12.4. The highest BCUT2D eigenvalue weighted by molar-refractivity contribution is 5.99.